The zero-order valence-corrected chi connectivity index (χ0v) is 8.51. The predicted molar refractivity (Wildman–Crippen MR) is 54.5 cm³/mol. The smallest absolute Gasteiger partial charge is 0.474 e. The van der Waals surface area contributed by atoms with Crippen molar-refractivity contribution in [3.8, 4) is 11.9 Å². The topological polar surface area (TPSA) is 86.4 Å². The van der Waals surface area contributed by atoms with Crippen molar-refractivity contribution in [1.29, 1.82) is 5.26 Å². The first-order valence-corrected chi connectivity index (χ1v) is 4.47. The Morgan fingerprint density at radius 3 is 2.67 bits per heavy atom. The molecule has 0 aromatic carbocycles. The second-order valence-corrected chi connectivity index (χ2v) is 3.27. The molecule has 1 heterocycles. The fourth-order valence-corrected chi connectivity index (χ4v) is 1.01. The molecular formula is C9H11BN2O3. The molecule has 1 aromatic heterocycles. The lowest BCUT2D eigenvalue weighted by Crippen LogP contribution is -2.30. The maximum absolute atomic E-state index is 8.88. The molecule has 1 rings (SSSR count). The summed E-state index contributed by atoms with van der Waals surface area (Å²) >= 11 is 0. The molecule has 0 saturated heterocycles. The van der Waals surface area contributed by atoms with E-state index in [2.05, 4.69) is 4.98 Å². The minimum Gasteiger partial charge on any atom is -0.474 e. The van der Waals surface area contributed by atoms with Gasteiger partial charge < -0.3 is 14.8 Å². The van der Waals surface area contributed by atoms with E-state index in [-0.39, 0.29) is 23.0 Å². The molecule has 1 aromatic rings. The van der Waals surface area contributed by atoms with Crippen LogP contribution in [-0.4, -0.2) is 28.3 Å². The summed E-state index contributed by atoms with van der Waals surface area (Å²) in [6.07, 6.45) is 1.18. The van der Waals surface area contributed by atoms with E-state index >= 15 is 0 Å². The summed E-state index contributed by atoms with van der Waals surface area (Å²) in [6, 6.07) is 3.23. The van der Waals surface area contributed by atoms with Crippen molar-refractivity contribution in [1.82, 2.24) is 4.98 Å². The van der Waals surface area contributed by atoms with E-state index in [0.717, 1.165) is 0 Å². The van der Waals surface area contributed by atoms with Crippen LogP contribution in [0.3, 0.4) is 0 Å². The molecule has 15 heavy (non-hydrogen) atoms. The standard InChI is InChI=1S/C9H11BN2O3/c1-6(2)15-9-7(4-11)3-8(5-12-9)10(13)14/h3,5-6,13-14H,1-2H3. The summed E-state index contributed by atoms with van der Waals surface area (Å²) in [6.45, 7) is 3.63. The van der Waals surface area contributed by atoms with E-state index in [1.165, 1.54) is 12.3 Å². The van der Waals surface area contributed by atoms with Crippen molar-refractivity contribution in [2.24, 2.45) is 0 Å². The van der Waals surface area contributed by atoms with Crippen molar-refractivity contribution in [3.05, 3.63) is 17.8 Å². The van der Waals surface area contributed by atoms with Gasteiger partial charge in [-0.15, -0.1) is 0 Å². The number of pyridine rings is 1. The van der Waals surface area contributed by atoms with E-state index in [9.17, 15) is 0 Å². The number of aromatic nitrogens is 1. The third-order valence-corrected chi connectivity index (χ3v) is 1.64. The Morgan fingerprint density at radius 2 is 2.20 bits per heavy atom. The summed E-state index contributed by atoms with van der Waals surface area (Å²) in [5.74, 6) is 0.205. The van der Waals surface area contributed by atoms with Gasteiger partial charge >= 0.3 is 7.12 Å². The van der Waals surface area contributed by atoms with Crippen LogP contribution in [0.15, 0.2) is 12.3 Å². The maximum atomic E-state index is 8.88. The Kier molecular flexibility index (Phi) is 3.66. The molecule has 0 spiro atoms. The fraction of sp³-hybridized carbons (Fsp3) is 0.333. The van der Waals surface area contributed by atoms with Crippen molar-refractivity contribution in [2.75, 3.05) is 0 Å². The summed E-state index contributed by atoms with van der Waals surface area (Å²) < 4.78 is 5.27. The molecule has 0 radical (unpaired) electrons. The zero-order valence-electron chi connectivity index (χ0n) is 8.51. The molecule has 0 unspecified atom stereocenters. The molecule has 0 aliphatic carbocycles. The third-order valence-electron chi connectivity index (χ3n) is 1.64. The Balaban J connectivity index is 3.05. The number of hydrogen-bond acceptors (Lipinski definition) is 5. The summed E-state index contributed by atoms with van der Waals surface area (Å²) in [5.41, 5.74) is 0.358. The summed E-state index contributed by atoms with van der Waals surface area (Å²) in [5, 5.41) is 26.6. The van der Waals surface area contributed by atoms with Gasteiger partial charge in [-0.3, -0.25) is 0 Å². The molecule has 0 aliphatic rings. The molecule has 0 bridgehead atoms. The van der Waals surface area contributed by atoms with Crippen molar-refractivity contribution < 1.29 is 14.8 Å². The highest BCUT2D eigenvalue weighted by molar-refractivity contribution is 6.58. The first-order valence-electron chi connectivity index (χ1n) is 4.47. The summed E-state index contributed by atoms with van der Waals surface area (Å²) in [7, 11) is -1.63. The second kappa shape index (κ2) is 4.78. The van der Waals surface area contributed by atoms with Gasteiger partial charge in [0.2, 0.25) is 5.88 Å². The first kappa shape index (κ1) is 11.5. The lowest BCUT2D eigenvalue weighted by molar-refractivity contribution is 0.232. The van der Waals surface area contributed by atoms with Gasteiger partial charge in [-0.1, -0.05) is 0 Å². The van der Waals surface area contributed by atoms with Gasteiger partial charge in [-0.2, -0.15) is 5.26 Å². The van der Waals surface area contributed by atoms with Crippen molar-refractivity contribution in [3.63, 3.8) is 0 Å². The van der Waals surface area contributed by atoms with Gasteiger partial charge in [0.15, 0.2) is 0 Å². The minimum absolute atomic E-state index is 0.0884. The van der Waals surface area contributed by atoms with Crippen LogP contribution in [0.2, 0.25) is 0 Å². The second-order valence-electron chi connectivity index (χ2n) is 3.27. The molecule has 0 atom stereocenters. The Hall–Kier alpha value is -1.58. The lowest BCUT2D eigenvalue weighted by Gasteiger charge is -2.10. The molecule has 6 heteroatoms. The van der Waals surface area contributed by atoms with Crippen molar-refractivity contribution >= 4 is 12.6 Å². The Labute approximate surface area is 88.1 Å². The molecule has 5 nitrogen and oxygen atoms in total. The van der Waals surface area contributed by atoms with Crippen LogP contribution in [0.1, 0.15) is 19.4 Å². The highest BCUT2D eigenvalue weighted by Gasteiger charge is 2.15. The van der Waals surface area contributed by atoms with Crippen LogP contribution in [0, 0.1) is 11.3 Å². The number of nitrogens with zero attached hydrogens (tertiary/aromatic N) is 2. The van der Waals surface area contributed by atoms with Crippen LogP contribution in [-0.2, 0) is 0 Å². The van der Waals surface area contributed by atoms with E-state index < -0.39 is 7.12 Å². The van der Waals surface area contributed by atoms with Gasteiger partial charge in [-0.25, -0.2) is 4.98 Å². The Bertz CT molecular complexity index is 387. The van der Waals surface area contributed by atoms with Gasteiger partial charge in [0, 0.05) is 11.7 Å². The molecule has 0 fully saturated rings. The number of nitriles is 1. The van der Waals surface area contributed by atoms with Crippen LogP contribution in [0.5, 0.6) is 5.88 Å². The number of rotatable bonds is 3. The average Bonchev–Trinajstić information content (AvgIpc) is 2.17. The number of hydrogen-bond donors (Lipinski definition) is 2. The zero-order chi connectivity index (χ0) is 11.4. The lowest BCUT2D eigenvalue weighted by atomic mass is 9.81. The molecule has 0 saturated carbocycles. The maximum Gasteiger partial charge on any atom is 0.490 e. The van der Waals surface area contributed by atoms with E-state index in [1.807, 2.05) is 19.9 Å². The molecule has 0 amide bonds. The normalized spacial score (nSPS) is 9.87. The molecule has 0 aliphatic heterocycles. The van der Waals surface area contributed by atoms with Crippen LogP contribution >= 0.6 is 0 Å². The molecule has 78 valence electrons. The van der Waals surface area contributed by atoms with Gasteiger partial charge in [0.25, 0.3) is 0 Å². The van der Waals surface area contributed by atoms with Crippen LogP contribution < -0.4 is 10.2 Å². The van der Waals surface area contributed by atoms with E-state index in [1.54, 1.807) is 0 Å². The minimum atomic E-state index is -1.63. The Morgan fingerprint density at radius 1 is 1.53 bits per heavy atom. The number of ether oxygens (including phenoxy) is 1. The predicted octanol–water partition coefficient (Wildman–Crippen LogP) is -0.580. The van der Waals surface area contributed by atoms with E-state index in [4.69, 9.17) is 20.0 Å². The first-order chi connectivity index (χ1) is 7.04. The average molecular weight is 206 g/mol. The van der Waals surface area contributed by atoms with Crippen molar-refractivity contribution in [2.45, 2.75) is 20.0 Å². The fourth-order valence-electron chi connectivity index (χ4n) is 1.01. The summed E-state index contributed by atoms with van der Waals surface area (Å²) in [4.78, 5) is 3.85. The largest absolute Gasteiger partial charge is 0.490 e. The monoisotopic (exact) mass is 206 g/mol. The van der Waals surface area contributed by atoms with E-state index in [0.29, 0.717) is 0 Å². The quantitative estimate of drug-likeness (QED) is 0.646. The van der Waals surface area contributed by atoms with Crippen LogP contribution in [0.4, 0.5) is 0 Å². The SMILES string of the molecule is CC(C)Oc1ncc(B(O)O)cc1C#N. The third kappa shape index (κ3) is 2.94. The molecular weight excluding hydrogens is 195 g/mol. The van der Waals surface area contributed by atoms with Crippen LogP contribution in [0.25, 0.3) is 0 Å². The van der Waals surface area contributed by atoms with Gasteiger partial charge in [0.05, 0.1) is 6.10 Å². The highest BCUT2D eigenvalue weighted by Crippen LogP contribution is 2.13. The van der Waals surface area contributed by atoms with Gasteiger partial charge in [0.1, 0.15) is 11.6 Å². The highest BCUT2D eigenvalue weighted by atomic mass is 16.5. The van der Waals surface area contributed by atoms with Gasteiger partial charge in [-0.05, 0) is 19.9 Å². The molecule has 2 N–H and O–H groups in total.